The summed E-state index contributed by atoms with van der Waals surface area (Å²) in [5.41, 5.74) is -0.454. The Morgan fingerprint density at radius 2 is 1.77 bits per heavy atom. The quantitative estimate of drug-likeness (QED) is 0.563. The number of hydrogen-bond acceptors (Lipinski definition) is 6. The highest BCUT2D eigenvalue weighted by atomic mass is 32.2. The van der Waals surface area contributed by atoms with Crippen molar-refractivity contribution in [3.05, 3.63) is 65.5 Å². The van der Waals surface area contributed by atoms with E-state index in [2.05, 4.69) is 10.0 Å². The van der Waals surface area contributed by atoms with E-state index in [0.717, 1.165) is 25.2 Å². The van der Waals surface area contributed by atoms with Crippen LogP contribution in [-0.2, 0) is 19.6 Å². The monoisotopic (exact) mass is 437 g/mol. The molecule has 30 heavy (non-hydrogen) atoms. The first-order chi connectivity index (χ1) is 14.2. The zero-order valence-corrected chi connectivity index (χ0v) is 17.0. The van der Waals surface area contributed by atoms with Gasteiger partial charge in [0.25, 0.3) is 5.91 Å². The summed E-state index contributed by atoms with van der Waals surface area (Å²) in [5, 5.41) is 4.39. The van der Waals surface area contributed by atoms with Gasteiger partial charge in [-0.15, -0.1) is 0 Å². The van der Waals surface area contributed by atoms with Crippen molar-refractivity contribution in [2.45, 2.75) is 17.9 Å². The molecule has 0 fully saturated rings. The largest absolute Gasteiger partial charge is 0.444 e. The average Bonchev–Trinajstić information content (AvgIpc) is 2.72. The third-order valence-corrected chi connectivity index (χ3v) is 5.29. The van der Waals surface area contributed by atoms with Crippen molar-refractivity contribution in [2.75, 3.05) is 13.6 Å². The van der Waals surface area contributed by atoms with Gasteiger partial charge < -0.3 is 10.1 Å². The number of carbonyl (C=O) groups excluding carboxylic acids is 3. The third-order valence-electron chi connectivity index (χ3n) is 3.88. The predicted molar refractivity (Wildman–Crippen MR) is 104 cm³/mol. The highest BCUT2D eigenvalue weighted by Crippen LogP contribution is 2.22. The van der Waals surface area contributed by atoms with E-state index in [9.17, 15) is 27.2 Å². The first-order valence-corrected chi connectivity index (χ1v) is 10.3. The Labute approximate surface area is 172 Å². The van der Waals surface area contributed by atoms with Gasteiger partial charge in [0.15, 0.2) is 0 Å². The normalized spacial score (nSPS) is 12.0. The maximum Gasteiger partial charge on any atom is 0.342 e. The number of urea groups is 1. The van der Waals surface area contributed by atoms with E-state index in [1.165, 1.54) is 12.1 Å². The Morgan fingerprint density at radius 1 is 1.10 bits per heavy atom. The number of nitrogens with one attached hydrogen (secondary N) is 3. The molecule has 160 valence electrons. The lowest BCUT2D eigenvalue weighted by atomic mass is 10.1. The fourth-order valence-corrected chi connectivity index (χ4v) is 3.16. The van der Waals surface area contributed by atoms with Gasteiger partial charge in [0.05, 0.1) is 10.5 Å². The number of imide groups is 1. The van der Waals surface area contributed by atoms with Crippen molar-refractivity contribution in [1.82, 2.24) is 15.4 Å². The summed E-state index contributed by atoms with van der Waals surface area (Å²) in [5.74, 6) is -3.27. The molecule has 0 aliphatic carbocycles. The topological polar surface area (TPSA) is 131 Å². The number of ether oxygens (including phenoxy) is 1. The maximum absolute atomic E-state index is 14.2. The van der Waals surface area contributed by atoms with E-state index in [-0.39, 0.29) is 17.0 Å². The lowest BCUT2D eigenvalue weighted by molar-refractivity contribution is -0.129. The minimum Gasteiger partial charge on any atom is -0.444 e. The zero-order chi connectivity index (χ0) is 22.3. The second-order valence-electron chi connectivity index (χ2n) is 5.89. The number of rotatable bonds is 7. The molecular formula is C19H20FN3O6S. The van der Waals surface area contributed by atoms with Crippen molar-refractivity contribution in [3.8, 4) is 0 Å². The highest BCUT2D eigenvalue weighted by molar-refractivity contribution is 7.89. The lowest BCUT2D eigenvalue weighted by Crippen LogP contribution is -2.42. The van der Waals surface area contributed by atoms with Gasteiger partial charge in [-0.25, -0.2) is 27.1 Å². The van der Waals surface area contributed by atoms with E-state index < -0.39 is 45.4 Å². The van der Waals surface area contributed by atoms with Crippen LogP contribution >= 0.6 is 0 Å². The van der Waals surface area contributed by atoms with Crippen molar-refractivity contribution in [3.63, 3.8) is 0 Å². The molecule has 2 aromatic rings. The predicted octanol–water partition coefficient (Wildman–Crippen LogP) is 1.48. The summed E-state index contributed by atoms with van der Waals surface area (Å²) in [6, 6.07) is 9.56. The summed E-state index contributed by atoms with van der Waals surface area (Å²) in [7, 11) is -2.79. The van der Waals surface area contributed by atoms with Crippen LogP contribution < -0.4 is 15.4 Å². The Bertz CT molecular complexity index is 1040. The maximum atomic E-state index is 14.2. The van der Waals surface area contributed by atoms with Crippen LogP contribution in [0.1, 0.15) is 28.9 Å². The van der Waals surface area contributed by atoms with Gasteiger partial charge in [0.1, 0.15) is 5.82 Å². The molecule has 0 radical (unpaired) electrons. The molecule has 2 aromatic carbocycles. The van der Waals surface area contributed by atoms with E-state index in [1.807, 2.05) is 5.32 Å². The van der Waals surface area contributed by atoms with Gasteiger partial charge in [-0.3, -0.25) is 10.1 Å². The van der Waals surface area contributed by atoms with Crippen LogP contribution in [-0.4, -0.2) is 39.9 Å². The first-order valence-electron chi connectivity index (χ1n) is 8.77. The summed E-state index contributed by atoms with van der Waals surface area (Å²) >= 11 is 0. The molecule has 0 saturated carbocycles. The highest BCUT2D eigenvalue weighted by Gasteiger charge is 2.29. The molecule has 1 unspecified atom stereocenters. The van der Waals surface area contributed by atoms with Gasteiger partial charge >= 0.3 is 12.0 Å². The van der Waals surface area contributed by atoms with E-state index in [1.54, 1.807) is 25.1 Å². The zero-order valence-electron chi connectivity index (χ0n) is 16.1. The standard InChI is InChI=1S/C19H20FN3O6S/c1-3-22-19(26)23-17(24)16(12-7-5-4-6-8-12)29-18(25)14-11-13(9-10-15(14)20)30(27,28)21-2/h4-11,16,21H,3H2,1-2H3,(H2,22,23,24,26). The van der Waals surface area contributed by atoms with Gasteiger partial charge in [0.2, 0.25) is 16.1 Å². The second kappa shape index (κ2) is 9.94. The van der Waals surface area contributed by atoms with Crippen molar-refractivity contribution in [1.29, 1.82) is 0 Å². The lowest BCUT2D eigenvalue weighted by Gasteiger charge is -2.18. The van der Waals surface area contributed by atoms with Crippen molar-refractivity contribution >= 4 is 27.9 Å². The Hall–Kier alpha value is -3.31. The first kappa shape index (κ1) is 23.0. The van der Waals surface area contributed by atoms with Crippen LogP contribution in [0.25, 0.3) is 0 Å². The average molecular weight is 437 g/mol. The van der Waals surface area contributed by atoms with E-state index in [4.69, 9.17) is 4.74 Å². The summed E-state index contributed by atoms with van der Waals surface area (Å²) in [6.45, 7) is 1.90. The number of amides is 3. The molecule has 0 aliphatic rings. The number of hydrogen-bond donors (Lipinski definition) is 3. The minimum absolute atomic E-state index is 0.229. The third kappa shape index (κ3) is 5.61. The Kier molecular flexibility index (Phi) is 7.61. The van der Waals surface area contributed by atoms with Crippen LogP contribution in [0, 0.1) is 5.82 Å². The molecule has 3 N–H and O–H groups in total. The Balaban J connectivity index is 2.36. The number of benzene rings is 2. The molecule has 0 aliphatic heterocycles. The van der Waals surface area contributed by atoms with Crippen LogP contribution in [0.5, 0.6) is 0 Å². The molecule has 2 rings (SSSR count). The number of esters is 1. The van der Waals surface area contributed by atoms with Crippen molar-refractivity contribution in [2.24, 2.45) is 0 Å². The molecule has 3 amide bonds. The molecule has 0 spiro atoms. The smallest absolute Gasteiger partial charge is 0.342 e. The van der Waals surface area contributed by atoms with Crippen LogP contribution in [0.4, 0.5) is 9.18 Å². The molecule has 1 atom stereocenters. The second-order valence-corrected chi connectivity index (χ2v) is 7.78. The van der Waals surface area contributed by atoms with Crippen LogP contribution in [0.15, 0.2) is 53.4 Å². The van der Waals surface area contributed by atoms with Crippen LogP contribution in [0.3, 0.4) is 0 Å². The van der Waals surface area contributed by atoms with E-state index in [0.29, 0.717) is 0 Å². The molecular weight excluding hydrogens is 417 g/mol. The fourth-order valence-electron chi connectivity index (χ4n) is 2.40. The van der Waals surface area contributed by atoms with E-state index >= 15 is 0 Å². The summed E-state index contributed by atoms with van der Waals surface area (Å²) in [4.78, 5) is 36.4. The number of sulfonamides is 1. The molecule has 0 heterocycles. The SMILES string of the molecule is CCNC(=O)NC(=O)C(OC(=O)c1cc(S(=O)(=O)NC)ccc1F)c1ccccc1. The molecule has 11 heteroatoms. The Morgan fingerprint density at radius 3 is 2.37 bits per heavy atom. The van der Waals surface area contributed by atoms with Crippen molar-refractivity contribution < 1.29 is 31.9 Å². The van der Waals surface area contributed by atoms with Gasteiger partial charge in [-0.05, 0) is 32.2 Å². The number of carbonyl (C=O) groups is 3. The van der Waals surface area contributed by atoms with Crippen LogP contribution in [0.2, 0.25) is 0 Å². The molecule has 0 bridgehead atoms. The molecule has 0 saturated heterocycles. The molecule has 0 aromatic heterocycles. The fraction of sp³-hybridized carbons (Fsp3) is 0.211. The van der Waals surface area contributed by atoms with Gasteiger partial charge in [-0.1, -0.05) is 30.3 Å². The van der Waals surface area contributed by atoms with Gasteiger partial charge in [0, 0.05) is 12.1 Å². The minimum atomic E-state index is -3.95. The molecule has 9 nitrogen and oxygen atoms in total. The number of halogens is 1. The van der Waals surface area contributed by atoms with Gasteiger partial charge in [-0.2, -0.15) is 0 Å². The summed E-state index contributed by atoms with van der Waals surface area (Å²) in [6.07, 6.45) is -1.58. The summed E-state index contributed by atoms with van der Waals surface area (Å²) < 4.78 is 45.3.